The number of urea groups is 1. The molecule has 0 aliphatic carbocycles. The highest BCUT2D eigenvalue weighted by Crippen LogP contribution is 2.22. The molecule has 112 valence electrons. The van der Waals surface area contributed by atoms with E-state index >= 15 is 0 Å². The van der Waals surface area contributed by atoms with Crippen LogP contribution in [0.15, 0.2) is 6.33 Å². The number of nitrogens with one attached hydrogen (secondary N) is 2. The second kappa shape index (κ2) is 6.36. The maximum absolute atomic E-state index is 12.1. The zero-order chi connectivity index (χ0) is 15.3. The Labute approximate surface area is 117 Å². The number of carbonyl (C=O) groups is 2. The summed E-state index contributed by atoms with van der Waals surface area (Å²) in [6.07, 6.45) is 1.24. The number of rotatable bonds is 5. The van der Waals surface area contributed by atoms with Gasteiger partial charge in [0, 0.05) is 13.1 Å². The highest BCUT2D eigenvalue weighted by molar-refractivity contribution is 5.75. The summed E-state index contributed by atoms with van der Waals surface area (Å²) in [7, 11) is 1.61. The number of aliphatic carboxylic acids is 1. The van der Waals surface area contributed by atoms with Gasteiger partial charge < -0.3 is 15.3 Å². The molecule has 0 saturated heterocycles. The number of hydrogen-bond acceptors (Lipinski definition) is 4. The van der Waals surface area contributed by atoms with Crippen LogP contribution in [0.4, 0.5) is 4.79 Å². The van der Waals surface area contributed by atoms with E-state index in [4.69, 9.17) is 5.11 Å². The maximum atomic E-state index is 12.1. The van der Waals surface area contributed by atoms with Crippen molar-refractivity contribution >= 4 is 12.0 Å². The summed E-state index contributed by atoms with van der Waals surface area (Å²) >= 11 is 0. The van der Waals surface area contributed by atoms with E-state index in [0.717, 1.165) is 0 Å². The largest absolute Gasteiger partial charge is 0.481 e. The molecular weight excluding hydrogens is 262 g/mol. The van der Waals surface area contributed by atoms with Gasteiger partial charge in [0.15, 0.2) is 0 Å². The number of aromatic nitrogens is 3. The Kier molecular flexibility index (Phi) is 5.06. The van der Waals surface area contributed by atoms with Gasteiger partial charge in [-0.2, -0.15) is 5.10 Å². The van der Waals surface area contributed by atoms with Gasteiger partial charge in [-0.15, -0.1) is 0 Å². The van der Waals surface area contributed by atoms with Crippen LogP contribution in [-0.4, -0.2) is 50.3 Å². The molecule has 0 radical (unpaired) electrons. The first-order valence-electron chi connectivity index (χ1n) is 6.28. The number of carbonyl (C=O) groups excluding carboxylic acids is 1. The molecule has 1 heterocycles. The number of amides is 2. The fraction of sp³-hybridized carbons (Fsp3) is 0.667. The number of nitrogens with zero attached hydrogens (tertiary/aromatic N) is 3. The van der Waals surface area contributed by atoms with Gasteiger partial charge in [0.25, 0.3) is 0 Å². The van der Waals surface area contributed by atoms with Crippen LogP contribution in [0, 0.1) is 5.41 Å². The average molecular weight is 283 g/mol. The van der Waals surface area contributed by atoms with E-state index in [9.17, 15) is 9.59 Å². The van der Waals surface area contributed by atoms with Gasteiger partial charge in [-0.3, -0.25) is 9.89 Å². The van der Waals surface area contributed by atoms with Crippen molar-refractivity contribution in [3.05, 3.63) is 12.2 Å². The molecular formula is C12H21N5O3. The molecule has 1 aromatic rings. The quantitative estimate of drug-likeness (QED) is 0.741. The van der Waals surface area contributed by atoms with Gasteiger partial charge in [-0.25, -0.2) is 9.78 Å². The van der Waals surface area contributed by atoms with E-state index in [1.165, 1.54) is 11.2 Å². The van der Waals surface area contributed by atoms with Crippen LogP contribution < -0.4 is 5.32 Å². The average Bonchev–Trinajstić information content (AvgIpc) is 2.78. The molecule has 8 heteroatoms. The topological polar surface area (TPSA) is 111 Å². The molecule has 2 amide bonds. The van der Waals surface area contributed by atoms with Crippen molar-refractivity contribution in [1.29, 1.82) is 0 Å². The maximum Gasteiger partial charge on any atom is 0.317 e. The minimum Gasteiger partial charge on any atom is -0.481 e. The van der Waals surface area contributed by atoms with Gasteiger partial charge in [0.1, 0.15) is 12.2 Å². The van der Waals surface area contributed by atoms with E-state index in [-0.39, 0.29) is 24.4 Å². The molecule has 20 heavy (non-hydrogen) atoms. The summed E-state index contributed by atoms with van der Waals surface area (Å²) in [5.74, 6) is -0.378. The molecule has 0 aromatic carbocycles. The summed E-state index contributed by atoms with van der Waals surface area (Å²) in [6, 6.07) is -0.799. The third-order valence-electron chi connectivity index (χ3n) is 2.92. The molecule has 3 N–H and O–H groups in total. The van der Waals surface area contributed by atoms with Gasteiger partial charge in [0.2, 0.25) is 0 Å². The van der Waals surface area contributed by atoms with Gasteiger partial charge in [0.05, 0.1) is 13.0 Å². The van der Waals surface area contributed by atoms with Crippen LogP contribution >= 0.6 is 0 Å². The number of carboxylic acids is 1. The van der Waals surface area contributed by atoms with E-state index < -0.39 is 12.0 Å². The zero-order valence-corrected chi connectivity index (χ0v) is 12.2. The lowest BCUT2D eigenvalue weighted by Gasteiger charge is -2.31. The van der Waals surface area contributed by atoms with Gasteiger partial charge >= 0.3 is 12.0 Å². The summed E-state index contributed by atoms with van der Waals surface area (Å²) in [4.78, 5) is 28.3. The van der Waals surface area contributed by atoms with Crippen molar-refractivity contribution in [3.63, 3.8) is 0 Å². The van der Waals surface area contributed by atoms with Gasteiger partial charge in [-0.1, -0.05) is 20.8 Å². The second-order valence-corrected chi connectivity index (χ2v) is 5.75. The predicted octanol–water partition coefficient (Wildman–Crippen LogP) is 0.835. The second-order valence-electron chi connectivity index (χ2n) is 5.75. The Morgan fingerprint density at radius 2 is 2.15 bits per heavy atom. The van der Waals surface area contributed by atoms with Crippen molar-refractivity contribution < 1.29 is 14.7 Å². The molecule has 0 saturated carbocycles. The van der Waals surface area contributed by atoms with E-state index in [1.54, 1.807) is 7.05 Å². The SMILES string of the molecule is CN(Cc1ncn[nH]1)C(=O)NC(CC(=O)O)C(C)(C)C. The molecule has 0 fully saturated rings. The molecule has 1 rings (SSSR count). The Bertz CT molecular complexity index is 452. The monoisotopic (exact) mass is 283 g/mol. The molecule has 8 nitrogen and oxygen atoms in total. The number of carboxylic acid groups (broad SMARTS) is 1. The van der Waals surface area contributed by atoms with E-state index in [2.05, 4.69) is 20.5 Å². The minimum atomic E-state index is -0.942. The Morgan fingerprint density at radius 3 is 2.60 bits per heavy atom. The molecule has 0 spiro atoms. The van der Waals surface area contributed by atoms with Crippen molar-refractivity contribution in [2.24, 2.45) is 5.41 Å². The minimum absolute atomic E-state index is 0.120. The van der Waals surface area contributed by atoms with Crippen LogP contribution in [0.2, 0.25) is 0 Å². The molecule has 0 aliphatic heterocycles. The molecule has 1 atom stereocenters. The Hall–Kier alpha value is -2.12. The zero-order valence-electron chi connectivity index (χ0n) is 12.2. The van der Waals surface area contributed by atoms with Crippen molar-refractivity contribution in [1.82, 2.24) is 25.4 Å². The normalized spacial score (nSPS) is 12.8. The van der Waals surface area contributed by atoms with E-state index in [0.29, 0.717) is 5.82 Å². The highest BCUT2D eigenvalue weighted by atomic mass is 16.4. The predicted molar refractivity (Wildman–Crippen MR) is 71.9 cm³/mol. The van der Waals surface area contributed by atoms with E-state index in [1.807, 2.05) is 20.8 Å². The third kappa shape index (κ3) is 4.87. The fourth-order valence-electron chi connectivity index (χ4n) is 1.61. The first-order chi connectivity index (χ1) is 9.20. The lowest BCUT2D eigenvalue weighted by molar-refractivity contribution is -0.138. The molecule has 0 aliphatic rings. The van der Waals surface area contributed by atoms with Crippen LogP contribution in [0.3, 0.4) is 0 Å². The standard InChI is InChI=1S/C12H21N5O3/c1-12(2,3)8(5-10(18)19)15-11(20)17(4)6-9-13-7-14-16-9/h7-8H,5-6H2,1-4H3,(H,15,20)(H,18,19)(H,13,14,16). The molecule has 1 aromatic heterocycles. The van der Waals surface area contributed by atoms with Crippen molar-refractivity contribution in [3.8, 4) is 0 Å². The Balaban J connectivity index is 2.63. The van der Waals surface area contributed by atoms with Crippen LogP contribution in [0.25, 0.3) is 0 Å². The summed E-state index contributed by atoms with van der Waals surface area (Å²) < 4.78 is 0. The third-order valence-corrected chi connectivity index (χ3v) is 2.92. The summed E-state index contributed by atoms with van der Waals surface area (Å²) in [6.45, 7) is 5.93. The first-order valence-corrected chi connectivity index (χ1v) is 6.28. The summed E-state index contributed by atoms with van der Waals surface area (Å²) in [5, 5.41) is 18.0. The van der Waals surface area contributed by atoms with Crippen molar-refractivity contribution in [2.75, 3.05) is 7.05 Å². The number of H-pyrrole nitrogens is 1. The van der Waals surface area contributed by atoms with Crippen LogP contribution in [0.1, 0.15) is 33.0 Å². The Morgan fingerprint density at radius 1 is 1.50 bits per heavy atom. The van der Waals surface area contributed by atoms with Gasteiger partial charge in [-0.05, 0) is 5.41 Å². The number of aromatic amines is 1. The highest BCUT2D eigenvalue weighted by Gasteiger charge is 2.29. The smallest absolute Gasteiger partial charge is 0.317 e. The number of hydrogen-bond donors (Lipinski definition) is 3. The lowest BCUT2D eigenvalue weighted by Crippen LogP contribution is -2.49. The summed E-state index contributed by atoms with van der Waals surface area (Å²) in [5.41, 5.74) is -0.346. The lowest BCUT2D eigenvalue weighted by atomic mass is 9.85. The molecule has 1 unspecified atom stereocenters. The van der Waals surface area contributed by atoms with Crippen molar-refractivity contribution in [2.45, 2.75) is 39.8 Å². The van der Waals surface area contributed by atoms with Crippen LogP contribution in [-0.2, 0) is 11.3 Å². The fourth-order valence-corrected chi connectivity index (χ4v) is 1.61. The molecule has 0 bridgehead atoms. The first kappa shape index (κ1) is 15.9. The van der Waals surface area contributed by atoms with Crippen LogP contribution in [0.5, 0.6) is 0 Å².